The Morgan fingerprint density at radius 2 is 1.87 bits per heavy atom. The summed E-state index contributed by atoms with van der Waals surface area (Å²) >= 11 is 0. The molecule has 0 aliphatic carbocycles. The number of ether oxygens (including phenoxy) is 1. The van der Waals surface area contributed by atoms with Crippen molar-refractivity contribution in [3.8, 4) is 0 Å². The number of hydrogen-bond acceptors (Lipinski definition) is 3. The molecule has 0 N–H and O–H groups in total. The Morgan fingerprint density at radius 3 is 2.33 bits per heavy atom. The summed E-state index contributed by atoms with van der Waals surface area (Å²) in [4.78, 5) is 11.7. The van der Waals surface area contributed by atoms with E-state index in [0.29, 0.717) is 13.2 Å². The standard InChI is InChI=1S/C11H20O3S/c1-11(2,3)10(12)8-15(13)9-4-6-14-7-5-9/h9H,4-8H2,1-3H3. The van der Waals surface area contributed by atoms with Crippen molar-refractivity contribution in [2.75, 3.05) is 19.0 Å². The molecular weight excluding hydrogens is 212 g/mol. The number of rotatable bonds is 3. The zero-order valence-electron chi connectivity index (χ0n) is 9.75. The molecule has 0 radical (unpaired) electrons. The lowest BCUT2D eigenvalue weighted by Gasteiger charge is -2.23. The maximum absolute atomic E-state index is 11.9. The van der Waals surface area contributed by atoms with Gasteiger partial charge in [-0.25, -0.2) is 0 Å². The van der Waals surface area contributed by atoms with E-state index < -0.39 is 10.8 Å². The van der Waals surface area contributed by atoms with E-state index in [1.807, 2.05) is 20.8 Å². The van der Waals surface area contributed by atoms with Gasteiger partial charge in [0, 0.05) is 34.7 Å². The first kappa shape index (κ1) is 12.8. The molecule has 15 heavy (non-hydrogen) atoms. The molecular formula is C11H20O3S. The molecule has 0 aromatic rings. The SMILES string of the molecule is CC(C)(C)C(=O)CS(=O)C1CCOCC1. The van der Waals surface area contributed by atoms with E-state index in [0.717, 1.165) is 12.8 Å². The summed E-state index contributed by atoms with van der Waals surface area (Å²) in [5, 5.41) is 0.157. The molecule has 1 unspecified atom stereocenters. The second-order valence-electron chi connectivity index (χ2n) is 5.01. The normalized spacial score (nSPS) is 21.3. The van der Waals surface area contributed by atoms with Crippen LogP contribution in [0.2, 0.25) is 0 Å². The van der Waals surface area contributed by atoms with Gasteiger partial charge in [-0.15, -0.1) is 0 Å². The molecule has 1 saturated heterocycles. The lowest BCUT2D eigenvalue weighted by atomic mass is 9.92. The van der Waals surface area contributed by atoms with Crippen molar-refractivity contribution in [3.05, 3.63) is 0 Å². The van der Waals surface area contributed by atoms with E-state index in [9.17, 15) is 9.00 Å². The molecule has 4 heteroatoms. The van der Waals surface area contributed by atoms with Gasteiger partial charge in [0.15, 0.2) is 5.78 Å². The van der Waals surface area contributed by atoms with Crippen LogP contribution >= 0.6 is 0 Å². The van der Waals surface area contributed by atoms with Crippen molar-refractivity contribution in [2.24, 2.45) is 5.41 Å². The van der Waals surface area contributed by atoms with Gasteiger partial charge in [-0.05, 0) is 12.8 Å². The topological polar surface area (TPSA) is 43.4 Å². The van der Waals surface area contributed by atoms with Crippen LogP contribution in [0.15, 0.2) is 0 Å². The highest BCUT2D eigenvalue weighted by Gasteiger charge is 2.27. The molecule has 1 aliphatic heterocycles. The molecule has 1 aliphatic rings. The molecule has 1 rings (SSSR count). The lowest BCUT2D eigenvalue weighted by Crippen LogP contribution is -2.32. The molecule has 0 amide bonds. The highest BCUT2D eigenvalue weighted by atomic mass is 32.2. The fourth-order valence-corrected chi connectivity index (χ4v) is 3.05. The molecule has 0 aromatic heterocycles. The van der Waals surface area contributed by atoms with Crippen LogP contribution in [-0.2, 0) is 20.3 Å². The zero-order valence-corrected chi connectivity index (χ0v) is 10.6. The first-order valence-electron chi connectivity index (χ1n) is 5.39. The van der Waals surface area contributed by atoms with E-state index in [2.05, 4.69) is 0 Å². The Hall–Kier alpha value is -0.220. The van der Waals surface area contributed by atoms with Crippen molar-refractivity contribution >= 4 is 16.6 Å². The lowest BCUT2D eigenvalue weighted by molar-refractivity contribution is -0.123. The molecule has 0 spiro atoms. The van der Waals surface area contributed by atoms with Crippen LogP contribution in [0, 0.1) is 5.41 Å². The number of Topliss-reactive ketones (excluding diaryl/α,β-unsaturated/α-hetero) is 1. The van der Waals surface area contributed by atoms with E-state index in [1.165, 1.54) is 0 Å². The van der Waals surface area contributed by atoms with Crippen LogP contribution < -0.4 is 0 Å². The van der Waals surface area contributed by atoms with Crippen LogP contribution in [0.4, 0.5) is 0 Å². The van der Waals surface area contributed by atoms with Crippen LogP contribution in [0.1, 0.15) is 33.6 Å². The minimum Gasteiger partial charge on any atom is -0.381 e. The van der Waals surface area contributed by atoms with Gasteiger partial charge < -0.3 is 4.74 Å². The predicted octanol–water partition coefficient (Wildman–Crippen LogP) is 1.53. The average molecular weight is 232 g/mol. The first-order valence-corrected chi connectivity index (χ1v) is 6.77. The molecule has 88 valence electrons. The summed E-state index contributed by atoms with van der Waals surface area (Å²) in [7, 11) is -1.01. The Kier molecular flexibility index (Phi) is 4.46. The van der Waals surface area contributed by atoms with Gasteiger partial charge in [0.25, 0.3) is 0 Å². The minimum absolute atomic E-state index is 0.0901. The van der Waals surface area contributed by atoms with Gasteiger partial charge in [0.05, 0.1) is 5.75 Å². The van der Waals surface area contributed by atoms with Crippen molar-refractivity contribution in [3.63, 3.8) is 0 Å². The van der Waals surface area contributed by atoms with Gasteiger partial charge in [-0.1, -0.05) is 20.8 Å². The van der Waals surface area contributed by atoms with Crippen molar-refractivity contribution in [2.45, 2.75) is 38.9 Å². The fourth-order valence-electron chi connectivity index (χ4n) is 1.40. The van der Waals surface area contributed by atoms with Crippen LogP contribution in [-0.4, -0.2) is 34.2 Å². The third-order valence-electron chi connectivity index (χ3n) is 2.65. The molecule has 0 bridgehead atoms. The van der Waals surface area contributed by atoms with Crippen LogP contribution in [0.5, 0.6) is 0 Å². The fraction of sp³-hybridized carbons (Fsp3) is 0.909. The third kappa shape index (κ3) is 4.03. The maximum Gasteiger partial charge on any atom is 0.150 e. The van der Waals surface area contributed by atoms with E-state index in [-0.39, 0.29) is 22.2 Å². The van der Waals surface area contributed by atoms with Gasteiger partial charge >= 0.3 is 0 Å². The van der Waals surface area contributed by atoms with Gasteiger partial charge in [-0.2, -0.15) is 0 Å². The first-order chi connectivity index (χ1) is 6.91. The van der Waals surface area contributed by atoms with Crippen LogP contribution in [0.25, 0.3) is 0 Å². The van der Waals surface area contributed by atoms with Crippen molar-refractivity contribution in [1.29, 1.82) is 0 Å². The van der Waals surface area contributed by atoms with Crippen molar-refractivity contribution < 1.29 is 13.7 Å². The van der Waals surface area contributed by atoms with Gasteiger partial charge in [0.1, 0.15) is 0 Å². The van der Waals surface area contributed by atoms with Crippen LogP contribution in [0.3, 0.4) is 0 Å². The number of hydrogen-bond donors (Lipinski definition) is 0. The number of carbonyl (C=O) groups is 1. The summed E-state index contributed by atoms with van der Waals surface area (Å²) in [6, 6.07) is 0. The second-order valence-corrected chi connectivity index (χ2v) is 6.73. The predicted molar refractivity (Wildman–Crippen MR) is 61.3 cm³/mol. The summed E-state index contributed by atoms with van der Waals surface area (Å²) in [6.45, 7) is 6.98. The van der Waals surface area contributed by atoms with E-state index in [1.54, 1.807) is 0 Å². The monoisotopic (exact) mass is 232 g/mol. The Labute approximate surface area is 94.0 Å². The number of ketones is 1. The molecule has 0 saturated carbocycles. The Morgan fingerprint density at radius 1 is 1.33 bits per heavy atom. The molecule has 3 nitrogen and oxygen atoms in total. The number of carbonyl (C=O) groups excluding carboxylic acids is 1. The summed E-state index contributed by atoms with van der Waals surface area (Å²) in [5.74, 6) is 0.293. The minimum atomic E-state index is -1.01. The highest BCUT2D eigenvalue weighted by molar-refractivity contribution is 7.86. The summed E-state index contributed by atoms with van der Waals surface area (Å²) in [6.07, 6.45) is 1.65. The average Bonchev–Trinajstić information content (AvgIpc) is 2.17. The van der Waals surface area contributed by atoms with Crippen molar-refractivity contribution in [1.82, 2.24) is 0 Å². The molecule has 1 fully saturated rings. The molecule has 1 heterocycles. The molecule has 0 aromatic carbocycles. The quantitative estimate of drug-likeness (QED) is 0.741. The largest absolute Gasteiger partial charge is 0.381 e. The highest BCUT2D eigenvalue weighted by Crippen LogP contribution is 2.18. The third-order valence-corrected chi connectivity index (χ3v) is 4.41. The summed E-state index contributed by atoms with van der Waals surface area (Å²) < 4.78 is 17.1. The molecule has 1 atom stereocenters. The van der Waals surface area contributed by atoms with Gasteiger partial charge in [0.2, 0.25) is 0 Å². The summed E-state index contributed by atoms with van der Waals surface area (Å²) in [5.41, 5.74) is -0.374. The second kappa shape index (κ2) is 5.21. The van der Waals surface area contributed by atoms with Gasteiger partial charge in [-0.3, -0.25) is 9.00 Å². The Bertz CT molecular complexity index is 249. The zero-order chi connectivity index (χ0) is 11.5. The van der Waals surface area contributed by atoms with E-state index in [4.69, 9.17) is 4.74 Å². The maximum atomic E-state index is 11.9. The smallest absolute Gasteiger partial charge is 0.150 e. The van der Waals surface area contributed by atoms with E-state index >= 15 is 0 Å². The Balaban J connectivity index is 2.44.